The van der Waals surface area contributed by atoms with Crippen LogP contribution in [0.3, 0.4) is 0 Å². The van der Waals surface area contributed by atoms with Crippen molar-refractivity contribution in [2.45, 2.75) is 19.3 Å². The van der Waals surface area contributed by atoms with Crippen LogP contribution in [0.1, 0.15) is 39.5 Å². The fourth-order valence-electron chi connectivity index (χ4n) is 3.98. The van der Waals surface area contributed by atoms with Crippen molar-refractivity contribution in [3.63, 3.8) is 0 Å². The number of alkyl carbamates (subject to hydrolysis) is 1. The molecular weight excluding hydrogens is 466 g/mol. The highest BCUT2D eigenvalue weighted by atomic mass is 32.1. The monoisotopic (exact) mass is 491 g/mol. The number of carbonyl (C=O) groups is 3. The first-order valence-electron chi connectivity index (χ1n) is 11.2. The van der Waals surface area contributed by atoms with E-state index in [9.17, 15) is 14.4 Å². The van der Waals surface area contributed by atoms with Crippen LogP contribution in [0.25, 0.3) is 11.1 Å². The van der Waals surface area contributed by atoms with E-state index >= 15 is 0 Å². The van der Waals surface area contributed by atoms with Crippen LogP contribution >= 0.6 is 11.3 Å². The van der Waals surface area contributed by atoms with Gasteiger partial charge in [0.1, 0.15) is 6.61 Å². The summed E-state index contributed by atoms with van der Waals surface area (Å²) in [5.74, 6) is -1.35. The molecule has 3 N–H and O–H groups in total. The maximum absolute atomic E-state index is 12.2. The predicted octanol–water partition coefficient (Wildman–Crippen LogP) is 3.99. The number of rotatable bonds is 9. The van der Waals surface area contributed by atoms with Gasteiger partial charge < -0.3 is 20.5 Å². The highest BCUT2D eigenvalue weighted by Crippen LogP contribution is 2.44. The molecule has 1 aliphatic carbocycles. The van der Waals surface area contributed by atoms with Crippen LogP contribution in [0.15, 0.2) is 65.6 Å². The molecule has 4 rings (SSSR count). The van der Waals surface area contributed by atoms with E-state index < -0.39 is 12.1 Å². The summed E-state index contributed by atoms with van der Waals surface area (Å²) in [7, 11) is 0. The van der Waals surface area contributed by atoms with Crippen molar-refractivity contribution in [2.24, 2.45) is 0 Å². The number of benzene rings is 2. The van der Waals surface area contributed by atoms with Crippen molar-refractivity contribution < 1.29 is 24.2 Å². The average Bonchev–Trinajstić information content (AvgIpc) is 3.46. The maximum Gasteiger partial charge on any atom is 0.407 e. The number of nitrogens with zero attached hydrogens (tertiary/aromatic N) is 1. The molecule has 0 saturated heterocycles. The van der Waals surface area contributed by atoms with E-state index in [1.807, 2.05) is 24.3 Å². The second kappa shape index (κ2) is 11.0. The Hall–Kier alpha value is -3.98. The van der Waals surface area contributed by atoms with Crippen molar-refractivity contribution >= 4 is 29.3 Å². The summed E-state index contributed by atoms with van der Waals surface area (Å²) >= 11 is 1.24. The molecule has 2 amide bonds. The van der Waals surface area contributed by atoms with Gasteiger partial charge in [-0.2, -0.15) is 0 Å². The molecule has 0 atom stereocenters. The number of carboxylic acids is 1. The largest absolute Gasteiger partial charge is 0.476 e. The summed E-state index contributed by atoms with van der Waals surface area (Å²) in [6.45, 7) is 2.37. The van der Waals surface area contributed by atoms with Crippen molar-refractivity contribution in [2.75, 3.05) is 19.7 Å². The van der Waals surface area contributed by atoms with E-state index in [1.165, 1.54) is 27.8 Å². The zero-order chi connectivity index (χ0) is 24.8. The normalized spacial score (nSPS) is 12.5. The van der Waals surface area contributed by atoms with Crippen molar-refractivity contribution in [3.8, 4) is 11.1 Å². The molecular formula is C26H25N3O5S. The highest BCUT2D eigenvalue weighted by molar-refractivity contribution is 7.09. The van der Waals surface area contributed by atoms with Gasteiger partial charge >= 0.3 is 12.1 Å². The minimum absolute atomic E-state index is 0.00622. The summed E-state index contributed by atoms with van der Waals surface area (Å²) in [5.41, 5.74) is 5.08. The average molecular weight is 492 g/mol. The fraction of sp³-hybridized carbons (Fsp3) is 0.231. The second-order valence-corrected chi connectivity index (χ2v) is 8.97. The number of hydrogen-bond donors (Lipinski definition) is 3. The number of amides is 2. The van der Waals surface area contributed by atoms with Gasteiger partial charge in [0.25, 0.3) is 0 Å². The highest BCUT2D eigenvalue weighted by Gasteiger charge is 2.28. The lowest BCUT2D eigenvalue weighted by molar-refractivity contribution is -0.117. The van der Waals surface area contributed by atoms with Gasteiger partial charge in [0.2, 0.25) is 5.91 Å². The number of thiazole rings is 1. The zero-order valence-corrected chi connectivity index (χ0v) is 19.9. The molecule has 0 saturated carbocycles. The molecule has 35 heavy (non-hydrogen) atoms. The Kier molecular flexibility index (Phi) is 7.57. The fourth-order valence-corrected chi connectivity index (χ4v) is 4.75. The van der Waals surface area contributed by atoms with Crippen LogP contribution in [0.4, 0.5) is 4.79 Å². The zero-order valence-electron chi connectivity index (χ0n) is 19.1. The standard InChI is InChI=1S/C26H25N3O5S/c1-16(24(30)27-13-11-23-29-22(15-35-23)25(31)32)10-12-28-26(33)34-14-21-19-8-4-2-6-17(19)18-7-3-5-9-20(18)21/h2-10,15,21H,11-14H2,1H3,(H,27,30)(H,28,33)(H,31,32)/b16-10+. The summed E-state index contributed by atoms with van der Waals surface area (Å²) in [5, 5.41) is 16.4. The number of aromatic nitrogens is 1. The molecule has 2 aromatic carbocycles. The van der Waals surface area contributed by atoms with Gasteiger partial charge in [0.05, 0.1) is 5.01 Å². The van der Waals surface area contributed by atoms with E-state index in [4.69, 9.17) is 9.84 Å². The van der Waals surface area contributed by atoms with Gasteiger partial charge in [0.15, 0.2) is 5.69 Å². The third kappa shape index (κ3) is 5.75. The Bertz CT molecular complexity index is 1240. The molecule has 1 aromatic heterocycles. The summed E-state index contributed by atoms with van der Waals surface area (Å²) in [6, 6.07) is 16.3. The summed E-state index contributed by atoms with van der Waals surface area (Å²) < 4.78 is 5.49. The van der Waals surface area contributed by atoms with E-state index in [0.29, 0.717) is 23.5 Å². The molecule has 180 valence electrons. The topological polar surface area (TPSA) is 118 Å². The number of aromatic carboxylic acids is 1. The summed E-state index contributed by atoms with van der Waals surface area (Å²) in [4.78, 5) is 39.3. The molecule has 0 radical (unpaired) electrons. The Morgan fingerprint density at radius 2 is 1.71 bits per heavy atom. The van der Waals surface area contributed by atoms with Crippen LogP contribution in [-0.2, 0) is 16.0 Å². The molecule has 3 aromatic rings. The number of fused-ring (bicyclic) bond motifs is 3. The van der Waals surface area contributed by atoms with Gasteiger partial charge in [-0.1, -0.05) is 54.6 Å². The van der Waals surface area contributed by atoms with Crippen molar-refractivity contribution in [1.29, 1.82) is 0 Å². The second-order valence-electron chi connectivity index (χ2n) is 8.03. The molecule has 0 aliphatic heterocycles. The molecule has 9 heteroatoms. The van der Waals surface area contributed by atoms with E-state index in [0.717, 1.165) is 11.1 Å². The number of hydrogen-bond acceptors (Lipinski definition) is 6. The first kappa shape index (κ1) is 24.2. The van der Waals surface area contributed by atoms with Crippen molar-refractivity contribution in [1.82, 2.24) is 15.6 Å². The smallest absolute Gasteiger partial charge is 0.407 e. The number of ether oxygens (including phenoxy) is 1. The van der Waals surface area contributed by atoms with Crippen LogP contribution in [0.5, 0.6) is 0 Å². The first-order valence-corrected chi connectivity index (χ1v) is 12.0. The summed E-state index contributed by atoms with van der Waals surface area (Å²) in [6.07, 6.45) is 1.51. The Morgan fingerprint density at radius 3 is 2.34 bits per heavy atom. The van der Waals surface area contributed by atoms with Crippen LogP contribution in [0.2, 0.25) is 0 Å². The quantitative estimate of drug-likeness (QED) is 0.390. The maximum atomic E-state index is 12.2. The van der Waals surface area contributed by atoms with E-state index in [1.54, 1.807) is 13.0 Å². The number of nitrogens with one attached hydrogen (secondary N) is 2. The first-order chi connectivity index (χ1) is 16.9. The van der Waals surface area contributed by atoms with Gasteiger partial charge in [-0.15, -0.1) is 11.3 Å². The molecule has 1 aliphatic rings. The molecule has 8 nitrogen and oxygen atoms in total. The molecule has 0 unspecified atom stereocenters. The van der Waals surface area contributed by atoms with Gasteiger partial charge in [0, 0.05) is 36.4 Å². The molecule has 0 spiro atoms. The van der Waals surface area contributed by atoms with Gasteiger partial charge in [-0.25, -0.2) is 14.6 Å². The third-order valence-corrected chi connectivity index (χ3v) is 6.66. The Morgan fingerprint density at radius 1 is 1.06 bits per heavy atom. The van der Waals surface area contributed by atoms with Crippen molar-refractivity contribution in [3.05, 3.63) is 87.4 Å². The number of carbonyl (C=O) groups excluding carboxylic acids is 2. The lowest BCUT2D eigenvalue weighted by Crippen LogP contribution is -2.29. The van der Waals surface area contributed by atoms with Gasteiger partial charge in [-0.05, 0) is 29.2 Å². The van der Waals surface area contributed by atoms with Crippen LogP contribution < -0.4 is 10.6 Å². The van der Waals surface area contributed by atoms with Crippen LogP contribution in [0, 0.1) is 0 Å². The lowest BCUT2D eigenvalue weighted by Gasteiger charge is -2.14. The van der Waals surface area contributed by atoms with Gasteiger partial charge in [-0.3, -0.25) is 4.79 Å². The number of carboxylic acid groups (broad SMARTS) is 1. The molecule has 0 fully saturated rings. The minimum Gasteiger partial charge on any atom is -0.476 e. The van der Waals surface area contributed by atoms with E-state index in [2.05, 4.69) is 39.9 Å². The SMILES string of the molecule is C/C(=C\CNC(=O)OCC1c2ccccc2-c2ccccc21)C(=O)NCCc1nc(C(=O)O)cs1. The minimum atomic E-state index is -1.07. The molecule has 1 heterocycles. The Balaban J connectivity index is 1.21. The lowest BCUT2D eigenvalue weighted by atomic mass is 9.98. The van der Waals surface area contributed by atoms with E-state index in [-0.39, 0.29) is 30.7 Å². The predicted molar refractivity (Wildman–Crippen MR) is 133 cm³/mol. The Labute approximate surface area is 206 Å². The van der Waals surface area contributed by atoms with Crippen LogP contribution in [-0.4, -0.2) is 47.8 Å². The molecule has 0 bridgehead atoms. The third-order valence-electron chi connectivity index (χ3n) is 5.75.